The Morgan fingerprint density at radius 3 is 2.28 bits per heavy atom. The lowest BCUT2D eigenvalue weighted by molar-refractivity contribution is -0.119. The molecule has 0 spiro atoms. The number of carbonyl (C=O) groups is 3. The van der Waals surface area contributed by atoms with Gasteiger partial charge in [0.05, 0.1) is 11.1 Å². The summed E-state index contributed by atoms with van der Waals surface area (Å²) in [6, 6.07) is 7.34. The van der Waals surface area contributed by atoms with Crippen LogP contribution in [0, 0.1) is 25.2 Å². The maximum Gasteiger partial charge on any atom is 0.262 e. The molecule has 3 amide bonds. The van der Waals surface area contributed by atoms with Crippen molar-refractivity contribution >= 4 is 23.6 Å². The summed E-state index contributed by atoms with van der Waals surface area (Å²) < 4.78 is 5.39. The number of nitrogens with one attached hydrogen (secondary N) is 1. The Labute approximate surface area is 143 Å². The Balaban J connectivity index is 1.85. The largest absolute Gasteiger partial charge is 0.444 e. The molecule has 2 heterocycles. The second-order valence-electron chi connectivity index (χ2n) is 5.79. The highest BCUT2D eigenvalue weighted by Gasteiger charge is 2.40. The minimum atomic E-state index is -1.05. The summed E-state index contributed by atoms with van der Waals surface area (Å²) in [6.45, 7) is 4.84. The number of imide groups is 1. The molecule has 0 aliphatic carbocycles. The van der Waals surface area contributed by atoms with Gasteiger partial charge < -0.3 is 4.42 Å². The van der Waals surface area contributed by atoms with Crippen LogP contribution in [0.2, 0.25) is 0 Å². The minimum Gasteiger partial charge on any atom is -0.444 e. The number of amides is 3. The summed E-state index contributed by atoms with van der Waals surface area (Å²) in [6.07, 6.45) is 0. The van der Waals surface area contributed by atoms with E-state index >= 15 is 0 Å². The predicted molar refractivity (Wildman–Crippen MR) is 87.9 cm³/mol. The molecule has 1 atom stereocenters. The molecule has 7 nitrogen and oxygen atoms in total. The molecule has 1 aliphatic heterocycles. The van der Waals surface area contributed by atoms with E-state index in [1.54, 1.807) is 38.1 Å². The monoisotopic (exact) mass is 337 g/mol. The maximum absolute atomic E-state index is 12.5. The molecule has 0 saturated heterocycles. The molecule has 0 saturated carbocycles. The van der Waals surface area contributed by atoms with Gasteiger partial charge in [0.25, 0.3) is 11.8 Å². The molecular formula is C18H15N3O4. The van der Waals surface area contributed by atoms with Gasteiger partial charge in [-0.3, -0.25) is 24.6 Å². The molecule has 25 heavy (non-hydrogen) atoms. The van der Waals surface area contributed by atoms with Crippen molar-refractivity contribution < 1.29 is 18.8 Å². The average Bonchev–Trinajstić information content (AvgIpc) is 3.01. The van der Waals surface area contributed by atoms with E-state index in [0.717, 1.165) is 4.90 Å². The van der Waals surface area contributed by atoms with E-state index in [-0.39, 0.29) is 22.6 Å². The van der Waals surface area contributed by atoms with Crippen LogP contribution >= 0.6 is 0 Å². The first kappa shape index (κ1) is 16.5. The third kappa shape index (κ3) is 2.48. The second-order valence-corrected chi connectivity index (χ2v) is 5.79. The van der Waals surface area contributed by atoms with E-state index < -0.39 is 23.8 Å². The minimum absolute atomic E-state index is 0.0194. The van der Waals surface area contributed by atoms with Gasteiger partial charge in [-0.1, -0.05) is 12.1 Å². The number of anilines is 1. The van der Waals surface area contributed by atoms with E-state index in [1.165, 1.54) is 6.92 Å². The first-order valence-corrected chi connectivity index (χ1v) is 7.64. The molecule has 1 aromatic carbocycles. The zero-order valence-electron chi connectivity index (χ0n) is 13.9. The molecule has 0 fully saturated rings. The van der Waals surface area contributed by atoms with Crippen molar-refractivity contribution in [1.29, 1.82) is 5.26 Å². The number of hydrogen-bond donors (Lipinski definition) is 1. The molecule has 1 aromatic heterocycles. The Bertz CT molecular complexity index is 917. The van der Waals surface area contributed by atoms with E-state index in [2.05, 4.69) is 5.32 Å². The van der Waals surface area contributed by atoms with Gasteiger partial charge in [0.15, 0.2) is 0 Å². The van der Waals surface area contributed by atoms with E-state index in [1.807, 2.05) is 6.07 Å². The molecule has 126 valence electrons. The van der Waals surface area contributed by atoms with Gasteiger partial charge in [0, 0.05) is 5.56 Å². The third-order valence-corrected chi connectivity index (χ3v) is 4.33. The molecular weight excluding hydrogens is 322 g/mol. The molecule has 1 N–H and O–H groups in total. The Kier molecular flexibility index (Phi) is 3.89. The Morgan fingerprint density at radius 2 is 1.76 bits per heavy atom. The van der Waals surface area contributed by atoms with Crippen LogP contribution in [0.25, 0.3) is 0 Å². The molecule has 3 rings (SSSR count). The summed E-state index contributed by atoms with van der Waals surface area (Å²) in [5.74, 6) is -1.11. The van der Waals surface area contributed by atoms with E-state index in [0.29, 0.717) is 11.3 Å². The number of carbonyl (C=O) groups excluding carboxylic acids is 3. The molecule has 0 radical (unpaired) electrons. The van der Waals surface area contributed by atoms with Crippen LogP contribution in [0.1, 0.15) is 44.5 Å². The second kappa shape index (κ2) is 5.91. The van der Waals surface area contributed by atoms with Gasteiger partial charge in [0.2, 0.25) is 11.8 Å². The fourth-order valence-electron chi connectivity index (χ4n) is 2.74. The van der Waals surface area contributed by atoms with Gasteiger partial charge in [-0.05, 0) is 32.9 Å². The maximum atomic E-state index is 12.5. The summed E-state index contributed by atoms with van der Waals surface area (Å²) in [4.78, 5) is 38.3. The fourth-order valence-corrected chi connectivity index (χ4v) is 2.74. The lowest BCUT2D eigenvalue weighted by Gasteiger charge is -2.21. The quantitative estimate of drug-likeness (QED) is 0.866. The van der Waals surface area contributed by atoms with Gasteiger partial charge in [-0.25, -0.2) is 0 Å². The first-order valence-electron chi connectivity index (χ1n) is 7.64. The summed E-state index contributed by atoms with van der Waals surface area (Å²) in [5, 5.41) is 11.7. The Hall–Kier alpha value is -3.40. The number of benzene rings is 1. The molecule has 2 aromatic rings. The van der Waals surface area contributed by atoms with Gasteiger partial charge in [0.1, 0.15) is 23.4 Å². The van der Waals surface area contributed by atoms with Crippen LogP contribution in [0.15, 0.2) is 28.7 Å². The van der Waals surface area contributed by atoms with Crippen LogP contribution in [-0.4, -0.2) is 28.7 Å². The molecule has 7 heteroatoms. The number of rotatable bonds is 3. The number of furan rings is 1. The van der Waals surface area contributed by atoms with Crippen molar-refractivity contribution in [2.24, 2.45) is 0 Å². The van der Waals surface area contributed by atoms with Crippen molar-refractivity contribution in [3.8, 4) is 6.07 Å². The summed E-state index contributed by atoms with van der Waals surface area (Å²) in [7, 11) is 0. The highest BCUT2D eigenvalue weighted by Crippen LogP contribution is 2.27. The normalized spacial score (nSPS) is 14.2. The molecule has 1 unspecified atom stereocenters. The van der Waals surface area contributed by atoms with E-state index in [4.69, 9.17) is 4.42 Å². The first-order chi connectivity index (χ1) is 11.9. The van der Waals surface area contributed by atoms with Crippen LogP contribution < -0.4 is 5.32 Å². The fraction of sp³-hybridized carbons (Fsp3) is 0.222. The number of nitrogens with zero attached hydrogens (tertiary/aromatic N) is 2. The number of aryl methyl sites for hydroxylation is 1. The highest BCUT2D eigenvalue weighted by atomic mass is 16.4. The summed E-state index contributed by atoms with van der Waals surface area (Å²) >= 11 is 0. The number of fused-ring (bicyclic) bond motifs is 1. The van der Waals surface area contributed by atoms with Crippen molar-refractivity contribution in [3.05, 3.63) is 52.3 Å². The van der Waals surface area contributed by atoms with Crippen molar-refractivity contribution in [2.45, 2.75) is 26.8 Å². The molecule has 1 aliphatic rings. The van der Waals surface area contributed by atoms with Crippen molar-refractivity contribution in [3.63, 3.8) is 0 Å². The van der Waals surface area contributed by atoms with Gasteiger partial charge in [-0.15, -0.1) is 0 Å². The van der Waals surface area contributed by atoms with Crippen molar-refractivity contribution in [1.82, 2.24) is 4.90 Å². The zero-order chi connectivity index (χ0) is 18.3. The van der Waals surface area contributed by atoms with Crippen molar-refractivity contribution in [2.75, 3.05) is 5.32 Å². The highest BCUT2D eigenvalue weighted by molar-refractivity contribution is 6.23. The smallest absolute Gasteiger partial charge is 0.262 e. The van der Waals surface area contributed by atoms with Crippen LogP contribution in [0.4, 0.5) is 5.88 Å². The van der Waals surface area contributed by atoms with Crippen LogP contribution in [0.5, 0.6) is 0 Å². The lowest BCUT2D eigenvalue weighted by Crippen LogP contribution is -2.45. The Morgan fingerprint density at radius 1 is 1.20 bits per heavy atom. The summed E-state index contributed by atoms with van der Waals surface area (Å²) in [5.41, 5.74) is 1.40. The number of hydrogen-bond acceptors (Lipinski definition) is 5. The van der Waals surface area contributed by atoms with E-state index in [9.17, 15) is 19.6 Å². The SMILES string of the molecule is Cc1oc(NC(=O)C(C)N2C(=O)c3ccccc3C2=O)c(C#N)c1C. The van der Waals surface area contributed by atoms with Gasteiger partial charge >= 0.3 is 0 Å². The lowest BCUT2D eigenvalue weighted by atomic mass is 10.1. The topological polar surface area (TPSA) is 103 Å². The van der Waals surface area contributed by atoms with Crippen LogP contribution in [-0.2, 0) is 4.79 Å². The number of nitriles is 1. The zero-order valence-corrected chi connectivity index (χ0v) is 13.9. The average molecular weight is 337 g/mol. The van der Waals surface area contributed by atoms with Gasteiger partial charge in [-0.2, -0.15) is 5.26 Å². The predicted octanol–water partition coefficient (Wildman–Crippen LogP) is 2.39. The van der Waals surface area contributed by atoms with Crippen LogP contribution in [0.3, 0.4) is 0 Å². The standard InChI is InChI=1S/C18H15N3O4/c1-9-11(3)25-16(14(9)8-19)20-15(22)10(2)21-17(23)12-6-4-5-7-13(12)18(21)24/h4-7,10H,1-3H3,(H,20,22). The molecule has 0 bridgehead atoms. The third-order valence-electron chi connectivity index (χ3n) is 4.33.